The molecular weight excluding hydrogens is 280 g/mol. The van der Waals surface area contributed by atoms with Crippen molar-refractivity contribution in [1.82, 2.24) is 15.3 Å². The summed E-state index contributed by atoms with van der Waals surface area (Å²) >= 11 is 0. The third-order valence-electron chi connectivity index (χ3n) is 2.90. The van der Waals surface area contributed by atoms with Gasteiger partial charge in [0, 0.05) is 11.7 Å². The topological polar surface area (TPSA) is 90.1 Å². The molecule has 0 unspecified atom stereocenters. The molecule has 0 aliphatic carbocycles. The van der Waals surface area contributed by atoms with Gasteiger partial charge in [0.2, 0.25) is 0 Å². The second kappa shape index (κ2) is 6.01. The van der Waals surface area contributed by atoms with Crippen LogP contribution in [0.15, 0.2) is 30.5 Å². The van der Waals surface area contributed by atoms with Crippen molar-refractivity contribution in [3.8, 4) is 17.1 Å². The average molecular weight is 300 g/mol. The van der Waals surface area contributed by atoms with Crippen molar-refractivity contribution in [2.24, 2.45) is 0 Å². The van der Waals surface area contributed by atoms with E-state index in [1.54, 1.807) is 7.11 Å². The number of carbonyl (C=O) groups excluding carboxylic acids is 1. The van der Waals surface area contributed by atoms with Crippen LogP contribution in [0.5, 0.6) is 5.75 Å². The van der Waals surface area contributed by atoms with Gasteiger partial charge >= 0.3 is 0 Å². The summed E-state index contributed by atoms with van der Waals surface area (Å²) in [6, 6.07) is 7.37. The quantitative estimate of drug-likeness (QED) is 0.907. The zero-order chi connectivity index (χ0) is 16.3. The number of ether oxygens (including phenoxy) is 1. The Morgan fingerprint density at radius 3 is 2.55 bits per heavy atom. The van der Waals surface area contributed by atoms with Crippen LogP contribution in [0, 0.1) is 0 Å². The number of nitrogens with two attached hydrogens (primary N) is 1. The first kappa shape index (κ1) is 15.8. The Labute approximate surface area is 129 Å². The molecule has 22 heavy (non-hydrogen) atoms. The number of aromatic nitrogens is 2. The smallest absolute Gasteiger partial charge is 0.257 e. The molecule has 1 heterocycles. The summed E-state index contributed by atoms with van der Waals surface area (Å²) in [5.41, 5.74) is 6.54. The molecule has 6 nitrogen and oxygen atoms in total. The summed E-state index contributed by atoms with van der Waals surface area (Å²) < 4.78 is 5.28. The number of nitrogens with one attached hydrogen (secondary N) is 1. The van der Waals surface area contributed by atoms with Crippen molar-refractivity contribution in [2.45, 2.75) is 26.3 Å². The number of methoxy groups -OCH3 is 1. The number of hydrogen-bond acceptors (Lipinski definition) is 5. The van der Waals surface area contributed by atoms with Gasteiger partial charge in [-0.2, -0.15) is 0 Å². The lowest BCUT2D eigenvalue weighted by molar-refractivity contribution is 0.0920. The Morgan fingerprint density at radius 1 is 1.27 bits per heavy atom. The number of hydrogen-bond donors (Lipinski definition) is 2. The van der Waals surface area contributed by atoms with E-state index in [0.717, 1.165) is 5.56 Å². The minimum atomic E-state index is -0.356. The monoisotopic (exact) mass is 300 g/mol. The number of nitrogens with zero attached hydrogens (tertiary/aromatic N) is 2. The van der Waals surface area contributed by atoms with Crippen LogP contribution in [0.3, 0.4) is 0 Å². The van der Waals surface area contributed by atoms with E-state index in [0.29, 0.717) is 11.6 Å². The molecule has 3 N–H and O–H groups in total. The lowest BCUT2D eigenvalue weighted by atomic mass is 10.1. The Kier molecular flexibility index (Phi) is 4.30. The Hall–Kier alpha value is -2.63. The van der Waals surface area contributed by atoms with E-state index in [9.17, 15) is 4.79 Å². The molecule has 1 amide bonds. The molecule has 6 heteroatoms. The second-order valence-corrected chi connectivity index (χ2v) is 5.90. The molecule has 0 aliphatic rings. The molecule has 0 fully saturated rings. The third-order valence-corrected chi connectivity index (χ3v) is 2.90. The van der Waals surface area contributed by atoms with Gasteiger partial charge in [-0.25, -0.2) is 9.97 Å². The van der Waals surface area contributed by atoms with Gasteiger partial charge in [-0.05, 0) is 32.9 Å². The Morgan fingerprint density at radius 2 is 1.95 bits per heavy atom. The van der Waals surface area contributed by atoms with Crippen LogP contribution in [-0.2, 0) is 0 Å². The predicted octanol–water partition coefficient (Wildman–Crippen LogP) is 2.26. The number of anilines is 1. The molecule has 2 rings (SSSR count). The fourth-order valence-electron chi connectivity index (χ4n) is 1.94. The molecule has 1 aromatic heterocycles. The van der Waals surface area contributed by atoms with Crippen molar-refractivity contribution in [2.75, 3.05) is 12.8 Å². The van der Waals surface area contributed by atoms with Gasteiger partial charge in [0.1, 0.15) is 11.6 Å². The first-order valence-electron chi connectivity index (χ1n) is 6.90. The van der Waals surface area contributed by atoms with Crippen molar-refractivity contribution in [1.29, 1.82) is 0 Å². The van der Waals surface area contributed by atoms with E-state index in [2.05, 4.69) is 15.3 Å². The molecule has 0 bridgehead atoms. The van der Waals surface area contributed by atoms with Gasteiger partial charge in [-0.15, -0.1) is 0 Å². The number of para-hydroxylation sites is 1. The first-order chi connectivity index (χ1) is 10.3. The van der Waals surface area contributed by atoms with E-state index in [4.69, 9.17) is 10.5 Å². The van der Waals surface area contributed by atoms with Gasteiger partial charge < -0.3 is 15.8 Å². The fraction of sp³-hybridized carbons (Fsp3) is 0.312. The van der Waals surface area contributed by atoms with E-state index in [1.165, 1.54) is 6.20 Å². The zero-order valence-electron chi connectivity index (χ0n) is 13.2. The van der Waals surface area contributed by atoms with E-state index in [-0.39, 0.29) is 22.8 Å². The van der Waals surface area contributed by atoms with E-state index >= 15 is 0 Å². The maximum atomic E-state index is 12.2. The molecule has 2 aromatic rings. The summed E-state index contributed by atoms with van der Waals surface area (Å²) in [5, 5.41) is 2.83. The van der Waals surface area contributed by atoms with Crippen molar-refractivity contribution in [3.05, 3.63) is 36.0 Å². The highest BCUT2D eigenvalue weighted by Gasteiger charge is 2.19. The number of nitrogen functional groups attached to an aromatic ring is 1. The largest absolute Gasteiger partial charge is 0.496 e. The highest BCUT2D eigenvalue weighted by Crippen LogP contribution is 2.27. The van der Waals surface area contributed by atoms with Crippen LogP contribution in [0.2, 0.25) is 0 Å². The second-order valence-electron chi connectivity index (χ2n) is 5.90. The minimum Gasteiger partial charge on any atom is -0.496 e. The maximum Gasteiger partial charge on any atom is 0.257 e. The van der Waals surface area contributed by atoms with Gasteiger partial charge in [-0.1, -0.05) is 12.1 Å². The molecule has 1 aromatic carbocycles. The lowest BCUT2D eigenvalue weighted by Gasteiger charge is -2.20. The Balaban J connectivity index is 2.36. The number of benzene rings is 1. The predicted molar refractivity (Wildman–Crippen MR) is 85.7 cm³/mol. The zero-order valence-corrected chi connectivity index (χ0v) is 13.2. The number of carbonyl (C=O) groups is 1. The number of amides is 1. The molecule has 0 radical (unpaired) electrons. The van der Waals surface area contributed by atoms with Crippen LogP contribution in [0.4, 0.5) is 5.82 Å². The Bertz CT molecular complexity index is 693. The lowest BCUT2D eigenvalue weighted by Crippen LogP contribution is -2.41. The first-order valence-corrected chi connectivity index (χ1v) is 6.90. The molecule has 0 aliphatic heterocycles. The molecule has 0 atom stereocenters. The SMILES string of the molecule is COc1ccccc1-c1ncc(C(=O)NC(C)(C)C)c(N)n1. The highest BCUT2D eigenvalue weighted by atomic mass is 16.5. The van der Waals surface area contributed by atoms with Gasteiger partial charge in [0.05, 0.1) is 18.2 Å². The third kappa shape index (κ3) is 3.52. The molecule has 0 saturated heterocycles. The standard InChI is InChI=1S/C16H20N4O2/c1-16(2,3)20-15(21)11-9-18-14(19-13(11)17)10-7-5-6-8-12(10)22-4/h5-9H,1-4H3,(H,20,21)(H2,17,18,19). The molecule has 0 saturated carbocycles. The molecular formula is C16H20N4O2. The van der Waals surface area contributed by atoms with Crippen LogP contribution in [-0.4, -0.2) is 28.5 Å². The molecule has 116 valence electrons. The summed E-state index contributed by atoms with van der Waals surface area (Å²) in [7, 11) is 1.58. The highest BCUT2D eigenvalue weighted by molar-refractivity contribution is 5.98. The maximum absolute atomic E-state index is 12.2. The minimum absolute atomic E-state index is 0.137. The van der Waals surface area contributed by atoms with Gasteiger partial charge in [0.25, 0.3) is 5.91 Å². The van der Waals surface area contributed by atoms with Crippen LogP contribution < -0.4 is 15.8 Å². The summed E-state index contributed by atoms with van der Waals surface area (Å²) in [6.07, 6.45) is 1.44. The summed E-state index contributed by atoms with van der Waals surface area (Å²) in [6.45, 7) is 5.68. The van der Waals surface area contributed by atoms with E-state index < -0.39 is 0 Å². The summed E-state index contributed by atoms with van der Waals surface area (Å²) in [4.78, 5) is 20.6. The molecule has 0 spiro atoms. The van der Waals surface area contributed by atoms with Crippen LogP contribution in [0.25, 0.3) is 11.4 Å². The van der Waals surface area contributed by atoms with Gasteiger partial charge in [-0.3, -0.25) is 4.79 Å². The summed E-state index contributed by atoms with van der Waals surface area (Å²) in [5.74, 6) is 0.908. The van der Waals surface area contributed by atoms with Crippen LogP contribution >= 0.6 is 0 Å². The van der Waals surface area contributed by atoms with Crippen molar-refractivity contribution >= 4 is 11.7 Å². The van der Waals surface area contributed by atoms with Crippen LogP contribution in [0.1, 0.15) is 31.1 Å². The fourth-order valence-corrected chi connectivity index (χ4v) is 1.94. The van der Waals surface area contributed by atoms with Crippen molar-refractivity contribution < 1.29 is 9.53 Å². The number of rotatable bonds is 3. The average Bonchev–Trinajstić information content (AvgIpc) is 2.45. The van der Waals surface area contributed by atoms with Gasteiger partial charge in [0.15, 0.2) is 5.82 Å². The normalized spacial score (nSPS) is 11.1. The van der Waals surface area contributed by atoms with E-state index in [1.807, 2.05) is 45.0 Å². The van der Waals surface area contributed by atoms with Crippen molar-refractivity contribution in [3.63, 3.8) is 0 Å².